The minimum absolute atomic E-state index is 0.0559. The first-order valence-electron chi connectivity index (χ1n) is 5.92. The number of non-ortho nitro benzene ring substituents is 1. The Balaban J connectivity index is 2.12. The van der Waals surface area contributed by atoms with E-state index >= 15 is 0 Å². The molecule has 19 heavy (non-hydrogen) atoms. The maximum Gasteiger partial charge on any atom is 0.269 e. The summed E-state index contributed by atoms with van der Waals surface area (Å²) < 4.78 is 0. The number of benzene rings is 1. The molecule has 2 rings (SSSR count). The minimum atomic E-state index is -0.386. The molecule has 0 bridgehead atoms. The monoisotopic (exact) mass is 278 g/mol. The Morgan fingerprint density at radius 3 is 2.95 bits per heavy atom. The number of aryl methyl sites for hydroxylation is 1. The van der Waals surface area contributed by atoms with Crippen molar-refractivity contribution in [1.29, 1.82) is 0 Å². The highest BCUT2D eigenvalue weighted by Crippen LogP contribution is 2.33. The maximum absolute atomic E-state index is 10.7. The molecule has 0 amide bonds. The fourth-order valence-corrected chi connectivity index (χ4v) is 2.47. The number of rotatable bonds is 5. The number of nitro groups is 1. The van der Waals surface area contributed by atoms with Crippen molar-refractivity contribution < 1.29 is 4.92 Å². The van der Waals surface area contributed by atoms with Crippen LogP contribution in [0.2, 0.25) is 0 Å². The molecule has 7 heteroatoms. The molecule has 0 saturated carbocycles. The predicted octanol–water partition coefficient (Wildman–Crippen LogP) is 3.13. The summed E-state index contributed by atoms with van der Waals surface area (Å²) in [5.74, 6) is 0.841. The van der Waals surface area contributed by atoms with Crippen molar-refractivity contribution in [2.75, 3.05) is 0 Å². The van der Waals surface area contributed by atoms with E-state index in [0.717, 1.165) is 17.8 Å². The number of nitrogens with zero attached hydrogens (tertiary/aromatic N) is 3. The molecule has 1 atom stereocenters. The second-order valence-electron chi connectivity index (χ2n) is 4.03. The summed E-state index contributed by atoms with van der Waals surface area (Å²) in [6.45, 7) is 3.98. The van der Waals surface area contributed by atoms with Crippen LogP contribution in [0.5, 0.6) is 0 Å². The molecule has 1 unspecified atom stereocenters. The van der Waals surface area contributed by atoms with Gasteiger partial charge in [0.2, 0.25) is 5.16 Å². The Morgan fingerprint density at radius 2 is 2.32 bits per heavy atom. The van der Waals surface area contributed by atoms with Crippen LogP contribution in [-0.4, -0.2) is 20.1 Å². The van der Waals surface area contributed by atoms with Gasteiger partial charge in [-0.2, -0.15) is 0 Å². The topological polar surface area (TPSA) is 84.7 Å². The molecule has 0 fully saturated rings. The lowest BCUT2D eigenvalue weighted by Crippen LogP contribution is -1.93. The number of aromatic nitrogens is 3. The summed E-state index contributed by atoms with van der Waals surface area (Å²) >= 11 is 1.48. The average molecular weight is 278 g/mol. The second-order valence-corrected chi connectivity index (χ2v) is 5.34. The third-order valence-corrected chi connectivity index (χ3v) is 3.70. The number of H-pyrrole nitrogens is 1. The molecule has 1 heterocycles. The molecule has 1 aromatic heterocycles. The van der Waals surface area contributed by atoms with E-state index in [1.165, 1.54) is 17.8 Å². The smallest absolute Gasteiger partial charge is 0.262 e. The first kappa shape index (κ1) is 13.5. The lowest BCUT2D eigenvalue weighted by molar-refractivity contribution is -0.384. The number of hydrogen-bond acceptors (Lipinski definition) is 5. The highest BCUT2D eigenvalue weighted by Gasteiger charge is 2.14. The van der Waals surface area contributed by atoms with Crippen molar-refractivity contribution in [1.82, 2.24) is 15.2 Å². The van der Waals surface area contributed by atoms with Gasteiger partial charge in [0.25, 0.3) is 5.69 Å². The summed E-state index contributed by atoms with van der Waals surface area (Å²) in [6.07, 6.45) is 0.804. The van der Waals surface area contributed by atoms with Crippen LogP contribution in [0.15, 0.2) is 29.4 Å². The van der Waals surface area contributed by atoms with E-state index in [1.54, 1.807) is 12.1 Å². The zero-order chi connectivity index (χ0) is 13.8. The molecule has 0 aliphatic rings. The van der Waals surface area contributed by atoms with E-state index in [4.69, 9.17) is 0 Å². The maximum atomic E-state index is 10.7. The lowest BCUT2D eigenvalue weighted by Gasteiger charge is -2.08. The molecule has 0 saturated heterocycles. The summed E-state index contributed by atoms with van der Waals surface area (Å²) in [5.41, 5.74) is 0.997. The first-order valence-corrected chi connectivity index (χ1v) is 6.80. The van der Waals surface area contributed by atoms with Gasteiger partial charge in [-0.1, -0.05) is 30.8 Å². The highest BCUT2D eigenvalue weighted by atomic mass is 32.2. The normalized spacial score (nSPS) is 12.3. The van der Waals surface area contributed by atoms with Gasteiger partial charge in [-0.15, -0.1) is 5.10 Å². The molecule has 100 valence electrons. The molecular formula is C12H14N4O2S. The van der Waals surface area contributed by atoms with Crippen molar-refractivity contribution in [3.8, 4) is 0 Å². The molecule has 0 aliphatic heterocycles. The Morgan fingerprint density at radius 1 is 1.53 bits per heavy atom. The van der Waals surface area contributed by atoms with Gasteiger partial charge in [-0.3, -0.25) is 15.2 Å². The van der Waals surface area contributed by atoms with Crippen molar-refractivity contribution in [3.05, 3.63) is 45.8 Å². The number of hydrogen-bond donors (Lipinski definition) is 1. The van der Waals surface area contributed by atoms with Crippen LogP contribution < -0.4 is 0 Å². The average Bonchev–Trinajstić information content (AvgIpc) is 2.86. The van der Waals surface area contributed by atoms with Gasteiger partial charge in [-0.25, -0.2) is 4.98 Å². The number of aromatic amines is 1. The van der Waals surface area contributed by atoms with Crippen molar-refractivity contribution >= 4 is 17.4 Å². The summed E-state index contributed by atoms with van der Waals surface area (Å²) in [4.78, 5) is 14.7. The predicted molar refractivity (Wildman–Crippen MR) is 73.1 cm³/mol. The molecule has 2 aromatic rings. The molecular weight excluding hydrogens is 264 g/mol. The molecule has 1 N–H and O–H groups in total. The van der Waals surface area contributed by atoms with Crippen LogP contribution in [0, 0.1) is 10.1 Å². The summed E-state index contributed by atoms with van der Waals surface area (Å²) in [7, 11) is 0. The lowest BCUT2D eigenvalue weighted by atomic mass is 10.1. The van der Waals surface area contributed by atoms with Crippen LogP contribution in [-0.2, 0) is 6.42 Å². The van der Waals surface area contributed by atoms with Crippen LogP contribution in [0.3, 0.4) is 0 Å². The van der Waals surface area contributed by atoms with Gasteiger partial charge in [0.15, 0.2) is 0 Å². The van der Waals surface area contributed by atoms with Crippen molar-refractivity contribution in [2.24, 2.45) is 0 Å². The standard InChI is InChI=1S/C12H14N4O2S/c1-3-11-13-12(15-14-11)19-8(2)9-5-4-6-10(7-9)16(17)18/h4-8H,3H2,1-2H3,(H,13,14,15). The Hall–Kier alpha value is -1.89. The van der Waals surface area contributed by atoms with Gasteiger partial charge in [-0.05, 0) is 12.5 Å². The Kier molecular flexibility index (Phi) is 4.16. The van der Waals surface area contributed by atoms with Gasteiger partial charge in [0.1, 0.15) is 5.82 Å². The fourth-order valence-electron chi connectivity index (χ4n) is 1.61. The molecule has 0 radical (unpaired) electrons. The van der Waals surface area contributed by atoms with Crippen molar-refractivity contribution in [2.45, 2.75) is 30.7 Å². The summed E-state index contributed by atoms with van der Waals surface area (Å²) in [5, 5.41) is 18.4. The van der Waals surface area contributed by atoms with Crippen LogP contribution in [0.1, 0.15) is 30.5 Å². The van der Waals surface area contributed by atoms with E-state index < -0.39 is 0 Å². The van der Waals surface area contributed by atoms with E-state index in [1.807, 2.05) is 19.9 Å². The SMILES string of the molecule is CCc1nc(SC(C)c2cccc([N+](=O)[O-])c2)n[nH]1. The third-order valence-electron chi connectivity index (χ3n) is 2.68. The largest absolute Gasteiger partial charge is 0.269 e. The zero-order valence-electron chi connectivity index (χ0n) is 10.7. The molecule has 0 aliphatic carbocycles. The van der Waals surface area contributed by atoms with E-state index in [2.05, 4.69) is 15.2 Å². The molecule has 6 nitrogen and oxygen atoms in total. The fraction of sp³-hybridized carbons (Fsp3) is 0.333. The van der Waals surface area contributed by atoms with Gasteiger partial charge >= 0.3 is 0 Å². The van der Waals surface area contributed by atoms with Crippen LogP contribution in [0.25, 0.3) is 0 Å². The second kappa shape index (κ2) is 5.83. The van der Waals surface area contributed by atoms with E-state index in [-0.39, 0.29) is 15.9 Å². The quantitative estimate of drug-likeness (QED) is 0.516. The molecule has 1 aromatic carbocycles. The van der Waals surface area contributed by atoms with E-state index in [0.29, 0.717) is 5.16 Å². The first-order chi connectivity index (χ1) is 9.10. The third kappa shape index (κ3) is 3.31. The Bertz CT molecular complexity index is 585. The number of nitro benzene ring substituents is 1. The van der Waals surface area contributed by atoms with E-state index in [9.17, 15) is 10.1 Å². The van der Waals surface area contributed by atoms with Crippen LogP contribution >= 0.6 is 11.8 Å². The summed E-state index contributed by atoms with van der Waals surface area (Å²) in [6, 6.07) is 6.64. The van der Waals surface area contributed by atoms with Gasteiger partial charge in [0.05, 0.1) is 4.92 Å². The number of nitrogens with one attached hydrogen (secondary N) is 1. The Labute approximate surface area is 114 Å². The highest BCUT2D eigenvalue weighted by molar-refractivity contribution is 7.99. The van der Waals surface area contributed by atoms with Gasteiger partial charge < -0.3 is 0 Å². The minimum Gasteiger partial charge on any atom is -0.262 e. The molecule has 0 spiro atoms. The number of thioether (sulfide) groups is 1. The van der Waals surface area contributed by atoms with Crippen molar-refractivity contribution in [3.63, 3.8) is 0 Å². The van der Waals surface area contributed by atoms with Gasteiger partial charge in [0, 0.05) is 23.8 Å². The van der Waals surface area contributed by atoms with Crippen LogP contribution in [0.4, 0.5) is 5.69 Å². The zero-order valence-corrected chi connectivity index (χ0v) is 11.5.